The number of nitrogens with zero attached hydrogens (tertiary/aromatic N) is 1. The van der Waals surface area contributed by atoms with Crippen LogP contribution >= 0.6 is 0 Å². The highest BCUT2D eigenvalue weighted by Crippen LogP contribution is 2.16. The van der Waals surface area contributed by atoms with Crippen LogP contribution in [0.1, 0.15) is 12.5 Å². The third kappa shape index (κ3) is 1.65. The zero-order valence-corrected chi connectivity index (χ0v) is 6.49. The molecule has 1 rings (SSSR count). The Kier molecular flexibility index (Phi) is 2.19. The fraction of sp³-hybridized carbons (Fsp3) is 0.250. The molecule has 0 saturated carbocycles. The van der Waals surface area contributed by atoms with E-state index in [0.717, 1.165) is 12.3 Å². The molecule has 0 bridgehead atoms. The minimum atomic E-state index is -1.66. The molecule has 64 valence electrons. The number of carbonyl (C=O) groups excluding carboxylic acids is 1. The van der Waals surface area contributed by atoms with Crippen molar-refractivity contribution in [3.63, 3.8) is 0 Å². The van der Waals surface area contributed by atoms with Crippen LogP contribution in [0.3, 0.4) is 0 Å². The summed E-state index contributed by atoms with van der Waals surface area (Å²) in [6, 6.07) is 1.07. The van der Waals surface area contributed by atoms with Crippen LogP contribution in [0, 0.1) is 5.82 Å². The molecule has 1 N–H and O–H groups in total. The number of halogens is 1. The normalized spacial score (nSPS) is 15.2. The van der Waals surface area contributed by atoms with E-state index in [9.17, 15) is 14.3 Å². The predicted octanol–water partition coefficient (Wildman–Crippen LogP) is 0.627. The maximum absolute atomic E-state index is 12.5. The Morgan fingerprint density at radius 3 is 2.83 bits per heavy atom. The van der Waals surface area contributed by atoms with Gasteiger partial charge in [-0.3, -0.25) is 9.78 Å². The number of hydrogen-bond donors (Lipinski definition) is 1. The van der Waals surface area contributed by atoms with Crippen LogP contribution in [0.4, 0.5) is 4.39 Å². The Labute approximate surface area is 68.9 Å². The van der Waals surface area contributed by atoms with E-state index in [1.54, 1.807) is 0 Å². The summed E-state index contributed by atoms with van der Waals surface area (Å²) < 4.78 is 12.5. The second-order valence-electron chi connectivity index (χ2n) is 2.66. The van der Waals surface area contributed by atoms with Crippen molar-refractivity contribution in [3.8, 4) is 0 Å². The lowest BCUT2D eigenvalue weighted by Gasteiger charge is -2.14. The molecule has 12 heavy (non-hydrogen) atoms. The van der Waals surface area contributed by atoms with E-state index in [4.69, 9.17) is 0 Å². The summed E-state index contributed by atoms with van der Waals surface area (Å²) in [6.45, 7) is 1.27. The van der Waals surface area contributed by atoms with Crippen LogP contribution in [0.2, 0.25) is 0 Å². The van der Waals surface area contributed by atoms with Gasteiger partial charge < -0.3 is 5.11 Å². The largest absolute Gasteiger partial charge is 0.378 e. The molecule has 0 fully saturated rings. The summed E-state index contributed by atoms with van der Waals surface area (Å²) in [5, 5.41) is 9.34. The quantitative estimate of drug-likeness (QED) is 0.660. The zero-order chi connectivity index (χ0) is 9.19. The molecule has 0 saturated heterocycles. The van der Waals surface area contributed by atoms with Gasteiger partial charge in [0.15, 0.2) is 6.29 Å². The van der Waals surface area contributed by atoms with Crippen LogP contribution < -0.4 is 0 Å². The number of pyridine rings is 1. The molecule has 3 nitrogen and oxygen atoms in total. The molecule has 1 atom stereocenters. The van der Waals surface area contributed by atoms with Crippen molar-refractivity contribution in [1.29, 1.82) is 0 Å². The van der Waals surface area contributed by atoms with Gasteiger partial charge >= 0.3 is 0 Å². The highest BCUT2D eigenvalue weighted by Gasteiger charge is 2.22. The third-order valence-electron chi connectivity index (χ3n) is 1.52. The Bertz CT molecular complexity index is 299. The molecule has 1 heterocycles. The first kappa shape index (κ1) is 8.80. The smallest absolute Gasteiger partial charge is 0.155 e. The molecule has 0 spiro atoms. The lowest BCUT2D eigenvalue weighted by Crippen LogP contribution is -2.22. The van der Waals surface area contributed by atoms with Crippen molar-refractivity contribution >= 4 is 6.29 Å². The Hall–Kier alpha value is -1.29. The SMILES string of the molecule is CC(O)(C=O)c1cncc(F)c1. The molecule has 1 unspecified atom stereocenters. The van der Waals surface area contributed by atoms with Crippen LogP contribution in [-0.4, -0.2) is 16.4 Å². The van der Waals surface area contributed by atoms with E-state index in [1.165, 1.54) is 13.1 Å². The summed E-state index contributed by atoms with van der Waals surface area (Å²) in [5.74, 6) is -0.574. The highest BCUT2D eigenvalue weighted by atomic mass is 19.1. The molecule has 1 aromatic rings. The van der Waals surface area contributed by atoms with Gasteiger partial charge in [0.1, 0.15) is 11.4 Å². The Morgan fingerprint density at radius 1 is 1.67 bits per heavy atom. The van der Waals surface area contributed by atoms with Gasteiger partial charge in [0.25, 0.3) is 0 Å². The number of hydrogen-bond acceptors (Lipinski definition) is 3. The van der Waals surface area contributed by atoms with E-state index < -0.39 is 11.4 Å². The van der Waals surface area contributed by atoms with Gasteiger partial charge in [-0.1, -0.05) is 0 Å². The predicted molar refractivity (Wildman–Crippen MR) is 39.8 cm³/mol. The summed E-state index contributed by atoms with van der Waals surface area (Å²) in [4.78, 5) is 13.8. The molecule has 0 radical (unpaired) electrons. The molecular formula is C8H8FNO2. The van der Waals surface area contributed by atoms with Crippen molar-refractivity contribution in [2.75, 3.05) is 0 Å². The second-order valence-corrected chi connectivity index (χ2v) is 2.66. The summed E-state index contributed by atoms with van der Waals surface area (Å²) >= 11 is 0. The van der Waals surface area contributed by atoms with Crippen LogP contribution in [0.15, 0.2) is 18.5 Å². The van der Waals surface area contributed by atoms with Gasteiger partial charge in [-0.05, 0) is 13.0 Å². The number of carbonyl (C=O) groups is 1. The van der Waals surface area contributed by atoms with Crippen LogP contribution in [0.25, 0.3) is 0 Å². The monoisotopic (exact) mass is 169 g/mol. The summed E-state index contributed by atoms with van der Waals surface area (Å²) in [5.41, 5.74) is -1.51. The average Bonchev–Trinajstić information content (AvgIpc) is 2.05. The standard InChI is InChI=1S/C8H8FNO2/c1-8(12,5-11)6-2-7(9)4-10-3-6/h2-5,12H,1H3. The van der Waals surface area contributed by atoms with E-state index in [0.29, 0.717) is 6.29 Å². The molecular weight excluding hydrogens is 161 g/mol. The van der Waals surface area contributed by atoms with Crippen molar-refractivity contribution in [3.05, 3.63) is 29.8 Å². The lowest BCUT2D eigenvalue weighted by atomic mass is 10.0. The van der Waals surface area contributed by atoms with E-state index in [-0.39, 0.29) is 5.56 Å². The molecule has 4 heteroatoms. The van der Waals surface area contributed by atoms with Crippen LogP contribution in [0.5, 0.6) is 0 Å². The molecule has 0 aliphatic carbocycles. The van der Waals surface area contributed by atoms with E-state index in [1.807, 2.05) is 0 Å². The first-order valence-electron chi connectivity index (χ1n) is 3.36. The van der Waals surface area contributed by atoms with Gasteiger partial charge in [-0.2, -0.15) is 0 Å². The number of aldehydes is 1. The highest BCUT2D eigenvalue weighted by molar-refractivity contribution is 5.64. The molecule has 0 amide bonds. The molecule has 0 aliphatic rings. The fourth-order valence-corrected chi connectivity index (χ4v) is 0.757. The van der Waals surface area contributed by atoms with Gasteiger partial charge in [0.05, 0.1) is 6.20 Å². The maximum Gasteiger partial charge on any atom is 0.155 e. The maximum atomic E-state index is 12.5. The third-order valence-corrected chi connectivity index (χ3v) is 1.52. The van der Waals surface area contributed by atoms with E-state index >= 15 is 0 Å². The van der Waals surface area contributed by atoms with Gasteiger partial charge in [-0.25, -0.2) is 4.39 Å². The summed E-state index contributed by atoms with van der Waals surface area (Å²) in [7, 11) is 0. The Balaban J connectivity index is 3.11. The topological polar surface area (TPSA) is 50.2 Å². The van der Waals surface area contributed by atoms with Gasteiger partial charge in [-0.15, -0.1) is 0 Å². The van der Waals surface area contributed by atoms with Crippen molar-refractivity contribution in [2.45, 2.75) is 12.5 Å². The molecule has 0 aromatic carbocycles. The van der Waals surface area contributed by atoms with Gasteiger partial charge in [0, 0.05) is 11.8 Å². The second kappa shape index (κ2) is 2.98. The van der Waals surface area contributed by atoms with E-state index in [2.05, 4.69) is 4.98 Å². The van der Waals surface area contributed by atoms with Crippen molar-refractivity contribution < 1.29 is 14.3 Å². The zero-order valence-electron chi connectivity index (χ0n) is 6.49. The van der Waals surface area contributed by atoms with Crippen molar-refractivity contribution in [2.24, 2.45) is 0 Å². The summed E-state index contributed by atoms with van der Waals surface area (Å²) in [6.07, 6.45) is 2.59. The molecule has 0 aliphatic heterocycles. The first-order valence-corrected chi connectivity index (χ1v) is 3.36. The average molecular weight is 169 g/mol. The molecule has 1 aromatic heterocycles. The first-order chi connectivity index (χ1) is 5.56. The van der Waals surface area contributed by atoms with Crippen molar-refractivity contribution in [1.82, 2.24) is 4.98 Å². The number of rotatable bonds is 2. The Morgan fingerprint density at radius 2 is 2.33 bits per heavy atom. The van der Waals surface area contributed by atoms with Gasteiger partial charge in [0.2, 0.25) is 0 Å². The number of aromatic nitrogens is 1. The number of aliphatic hydroxyl groups is 1. The fourth-order valence-electron chi connectivity index (χ4n) is 0.757. The lowest BCUT2D eigenvalue weighted by molar-refractivity contribution is -0.123. The minimum absolute atomic E-state index is 0.150. The van der Waals surface area contributed by atoms with Crippen LogP contribution in [-0.2, 0) is 10.4 Å². The minimum Gasteiger partial charge on any atom is -0.378 e.